The maximum atomic E-state index is 12.4. The summed E-state index contributed by atoms with van der Waals surface area (Å²) in [5, 5.41) is 0. The number of aromatic nitrogens is 1. The molecular formula is C10H7F3N2O2. The molecule has 0 aromatic carbocycles. The second-order valence-electron chi connectivity index (χ2n) is 3.59. The minimum atomic E-state index is -4.57. The minimum absolute atomic E-state index is 0.0446. The molecular weight excluding hydrogens is 237 g/mol. The van der Waals surface area contributed by atoms with E-state index in [0.29, 0.717) is 0 Å². The number of ketones is 1. The third-order valence-electron chi connectivity index (χ3n) is 2.33. The summed E-state index contributed by atoms with van der Waals surface area (Å²) in [6.45, 7) is -0.180. The van der Waals surface area contributed by atoms with E-state index in [-0.39, 0.29) is 24.4 Å². The monoisotopic (exact) mass is 244 g/mol. The molecule has 2 rings (SSSR count). The van der Waals surface area contributed by atoms with Gasteiger partial charge in [0.1, 0.15) is 5.69 Å². The Morgan fingerprint density at radius 3 is 2.53 bits per heavy atom. The van der Waals surface area contributed by atoms with Crippen LogP contribution in [0.4, 0.5) is 18.9 Å². The third-order valence-corrected chi connectivity index (χ3v) is 2.33. The Bertz CT molecular complexity index is 485. The van der Waals surface area contributed by atoms with Crippen LogP contribution in [0.25, 0.3) is 0 Å². The van der Waals surface area contributed by atoms with Crippen molar-refractivity contribution in [3.63, 3.8) is 0 Å². The predicted octanol–water partition coefficient (Wildman–Crippen LogP) is 1.41. The molecule has 7 heteroatoms. The van der Waals surface area contributed by atoms with E-state index in [2.05, 4.69) is 4.98 Å². The number of alkyl halides is 3. The second kappa shape index (κ2) is 3.83. The van der Waals surface area contributed by atoms with Crippen molar-refractivity contribution in [2.24, 2.45) is 0 Å². The Morgan fingerprint density at radius 1 is 1.29 bits per heavy atom. The summed E-state index contributed by atoms with van der Waals surface area (Å²) in [5.74, 6) is -0.797. The molecule has 1 aromatic heterocycles. The number of Topliss-reactive ketones (excluding diaryl/α,β-unsaturated/α-hetero) is 1. The van der Waals surface area contributed by atoms with Gasteiger partial charge in [-0.25, -0.2) is 0 Å². The molecule has 0 aliphatic carbocycles. The number of anilines is 1. The zero-order valence-corrected chi connectivity index (χ0v) is 8.49. The SMILES string of the molecule is O=C1CC(=O)N(c2ccnc(C(F)(F)F)c2)C1. The topological polar surface area (TPSA) is 50.3 Å². The van der Waals surface area contributed by atoms with Gasteiger partial charge in [-0.05, 0) is 12.1 Å². The molecule has 0 unspecified atom stereocenters. The van der Waals surface area contributed by atoms with Crippen molar-refractivity contribution in [2.45, 2.75) is 12.6 Å². The Hall–Kier alpha value is -1.92. The van der Waals surface area contributed by atoms with Gasteiger partial charge in [0.2, 0.25) is 5.91 Å². The van der Waals surface area contributed by atoms with Gasteiger partial charge in [-0.3, -0.25) is 14.6 Å². The van der Waals surface area contributed by atoms with Crippen molar-refractivity contribution >= 4 is 17.4 Å². The molecule has 1 fully saturated rings. The molecule has 0 saturated carbocycles. The number of hydrogen-bond donors (Lipinski definition) is 0. The van der Waals surface area contributed by atoms with Gasteiger partial charge in [0.25, 0.3) is 0 Å². The number of pyridine rings is 1. The van der Waals surface area contributed by atoms with Crippen molar-refractivity contribution in [2.75, 3.05) is 11.4 Å². The van der Waals surface area contributed by atoms with Crippen molar-refractivity contribution < 1.29 is 22.8 Å². The molecule has 0 atom stereocenters. The summed E-state index contributed by atoms with van der Waals surface area (Å²) in [6, 6.07) is 2.03. The van der Waals surface area contributed by atoms with Crippen molar-refractivity contribution in [3.8, 4) is 0 Å². The highest BCUT2D eigenvalue weighted by molar-refractivity contribution is 6.15. The molecule has 1 saturated heterocycles. The van der Waals surface area contributed by atoms with Gasteiger partial charge < -0.3 is 4.90 Å². The standard InChI is InChI=1S/C10H7F3N2O2/c11-10(12,13)8-3-6(1-2-14-8)15-5-7(16)4-9(15)17/h1-3H,4-5H2. The molecule has 90 valence electrons. The van der Waals surface area contributed by atoms with Gasteiger partial charge in [0, 0.05) is 11.9 Å². The lowest BCUT2D eigenvalue weighted by Crippen LogP contribution is -2.25. The van der Waals surface area contributed by atoms with Crippen LogP contribution in [0.3, 0.4) is 0 Å². The first-order valence-corrected chi connectivity index (χ1v) is 4.73. The zero-order chi connectivity index (χ0) is 12.6. The first-order chi connectivity index (χ1) is 7.88. The number of carbonyl (C=O) groups is 2. The number of hydrogen-bond acceptors (Lipinski definition) is 3. The van der Waals surface area contributed by atoms with Crippen LogP contribution in [0.15, 0.2) is 18.3 Å². The van der Waals surface area contributed by atoms with E-state index < -0.39 is 17.8 Å². The molecule has 1 aliphatic heterocycles. The largest absolute Gasteiger partial charge is 0.433 e. The fraction of sp³-hybridized carbons (Fsp3) is 0.300. The molecule has 2 heterocycles. The van der Waals surface area contributed by atoms with Crippen LogP contribution in [-0.2, 0) is 15.8 Å². The van der Waals surface area contributed by atoms with E-state index in [1.54, 1.807) is 0 Å². The smallest absolute Gasteiger partial charge is 0.304 e. The summed E-state index contributed by atoms with van der Waals surface area (Å²) in [6.07, 6.45) is -3.86. The molecule has 17 heavy (non-hydrogen) atoms. The van der Waals surface area contributed by atoms with Crippen LogP contribution < -0.4 is 4.90 Å². The van der Waals surface area contributed by atoms with Crippen LogP contribution in [-0.4, -0.2) is 23.2 Å². The molecule has 0 N–H and O–H groups in total. The van der Waals surface area contributed by atoms with Crippen LogP contribution in [0, 0.1) is 0 Å². The molecule has 4 nitrogen and oxygen atoms in total. The van der Waals surface area contributed by atoms with Gasteiger partial charge in [-0.2, -0.15) is 13.2 Å². The van der Waals surface area contributed by atoms with E-state index in [1.165, 1.54) is 6.07 Å². The Kier molecular flexibility index (Phi) is 2.60. The van der Waals surface area contributed by atoms with Gasteiger partial charge in [0.15, 0.2) is 5.78 Å². The maximum Gasteiger partial charge on any atom is 0.433 e. The van der Waals surface area contributed by atoms with Crippen LogP contribution >= 0.6 is 0 Å². The fourth-order valence-corrected chi connectivity index (χ4v) is 1.56. The highest BCUT2D eigenvalue weighted by Crippen LogP contribution is 2.30. The number of rotatable bonds is 1. The Morgan fingerprint density at radius 2 is 2.00 bits per heavy atom. The van der Waals surface area contributed by atoms with Gasteiger partial charge in [0.05, 0.1) is 13.0 Å². The lowest BCUT2D eigenvalue weighted by molar-refractivity contribution is -0.141. The molecule has 1 aliphatic rings. The van der Waals surface area contributed by atoms with Crippen molar-refractivity contribution in [1.82, 2.24) is 4.98 Å². The summed E-state index contributed by atoms with van der Waals surface area (Å²) in [7, 11) is 0. The maximum absolute atomic E-state index is 12.4. The van der Waals surface area contributed by atoms with E-state index >= 15 is 0 Å². The number of halogens is 3. The summed E-state index contributed by atoms with van der Waals surface area (Å²) in [4.78, 5) is 26.6. The first-order valence-electron chi connectivity index (χ1n) is 4.73. The second-order valence-corrected chi connectivity index (χ2v) is 3.59. The highest BCUT2D eigenvalue weighted by Gasteiger charge is 2.34. The first kappa shape index (κ1) is 11.6. The average Bonchev–Trinajstić information content (AvgIpc) is 2.57. The minimum Gasteiger partial charge on any atom is -0.304 e. The number of carbonyl (C=O) groups excluding carboxylic acids is 2. The van der Waals surface area contributed by atoms with Crippen LogP contribution in [0.5, 0.6) is 0 Å². The molecule has 0 spiro atoms. The zero-order valence-electron chi connectivity index (χ0n) is 8.49. The molecule has 0 bridgehead atoms. The summed E-state index contributed by atoms with van der Waals surface area (Å²) >= 11 is 0. The lowest BCUT2D eigenvalue weighted by Gasteiger charge is -2.15. The van der Waals surface area contributed by atoms with Gasteiger partial charge in [-0.15, -0.1) is 0 Å². The lowest BCUT2D eigenvalue weighted by atomic mass is 10.3. The van der Waals surface area contributed by atoms with Crippen LogP contribution in [0.1, 0.15) is 12.1 Å². The van der Waals surface area contributed by atoms with Crippen molar-refractivity contribution in [3.05, 3.63) is 24.0 Å². The van der Waals surface area contributed by atoms with Crippen LogP contribution in [0.2, 0.25) is 0 Å². The summed E-state index contributed by atoms with van der Waals surface area (Å²) in [5.41, 5.74) is -1.04. The predicted molar refractivity (Wildman–Crippen MR) is 51.2 cm³/mol. The quantitative estimate of drug-likeness (QED) is 0.702. The van der Waals surface area contributed by atoms with E-state index in [4.69, 9.17) is 0 Å². The van der Waals surface area contributed by atoms with E-state index in [9.17, 15) is 22.8 Å². The van der Waals surface area contributed by atoms with Crippen molar-refractivity contribution in [1.29, 1.82) is 0 Å². The summed E-state index contributed by atoms with van der Waals surface area (Å²) < 4.78 is 37.2. The third kappa shape index (κ3) is 2.27. The Balaban J connectivity index is 2.34. The number of amides is 1. The normalized spacial score (nSPS) is 16.8. The Labute approximate surface area is 94.0 Å². The molecule has 1 aromatic rings. The number of nitrogens with zero attached hydrogens (tertiary/aromatic N) is 2. The van der Waals surface area contributed by atoms with E-state index in [1.807, 2.05) is 0 Å². The van der Waals surface area contributed by atoms with E-state index in [0.717, 1.165) is 17.2 Å². The van der Waals surface area contributed by atoms with Gasteiger partial charge >= 0.3 is 6.18 Å². The average molecular weight is 244 g/mol. The fourth-order valence-electron chi connectivity index (χ4n) is 1.56. The van der Waals surface area contributed by atoms with Gasteiger partial charge in [-0.1, -0.05) is 0 Å². The molecule has 0 radical (unpaired) electrons. The molecule has 1 amide bonds. The highest BCUT2D eigenvalue weighted by atomic mass is 19.4.